The zero-order valence-electron chi connectivity index (χ0n) is 14.3. The molecule has 1 aliphatic rings. The second kappa shape index (κ2) is 8.28. The highest BCUT2D eigenvalue weighted by Crippen LogP contribution is 2.37. The Labute approximate surface area is 159 Å². The first-order chi connectivity index (χ1) is 11.9. The molecule has 1 aromatic carbocycles. The van der Waals surface area contributed by atoms with Crippen molar-refractivity contribution in [3.8, 4) is 0 Å². The number of hydrogen-bond acceptors (Lipinski definition) is 2. The zero-order chi connectivity index (χ0) is 18.6. The van der Waals surface area contributed by atoms with Crippen LogP contribution in [0.25, 0.3) is 0 Å². The van der Waals surface area contributed by atoms with E-state index in [9.17, 15) is 0 Å². The molecule has 2 nitrogen and oxygen atoms in total. The number of rotatable bonds is 6. The van der Waals surface area contributed by atoms with Crippen LogP contribution in [0.1, 0.15) is 18.0 Å². The van der Waals surface area contributed by atoms with Crippen LogP contribution >= 0.6 is 23.2 Å². The lowest BCUT2D eigenvalue weighted by molar-refractivity contribution is 0.358. The molecule has 25 heavy (non-hydrogen) atoms. The van der Waals surface area contributed by atoms with Gasteiger partial charge in [0.05, 0.1) is 6.04 Å². The molecule has 2 N–H and O–H groups in total. The predicted molar refractivity (Wildman–Crippen MR) is 109 cm³/mol. The number of halogens is 2. The molecule has 0 aliphatic heterocycles. The molecule has 1 aliphatic carbocycles. The van der Waals surface area contributed by atoms with Crippen molar-refractivity contribution in [2.24, 2.45) is 5.73 Å². The average Bonchev–Trinajstić information content (AvgIpc) is 2.61. The van der Waals surface area contributed by atoms with E-state index in [4.69, 9.17) is 28.9 Å². The summed E-state index contributed by atoms with van der Waals surface area (Å²) < 4.78 is 0. The molecule has 0 aromatic heterocycles. The summed E-state index contributed by atoms with van der Waals surface area (Å²) in [5.41, 5.74) is 10.5. The van der Waals surface area contributed by atoms with Gasteiger partial charge in [0, 0.05) is 34.6 Å². The van der Waals surface area contributed by atoms with E-state index in [0.717, 1.165) is 28.0 Å². The maximum absolute atomic E-state index is 6.28. The summed E-state index contributed by atoms with van der Waals surface area (Å²) in [6, 6.07) is 7.55. The van der Waals surface area contributed by atoms with Crippen LogP contribution in [0.2, 0.25) is 5.02 Å². The molecular formula is C21H22Cl2N2. The summed E-state index contributed by atoms with van der Waals surface area (Å²) in [5.74, 6) is 0. The lowest BCUT2D eigenvalue weighted by Gasteiger charge is -2.34. The third-order valence-electron chi connectivity index (χ3n) is 4.24. The van der Waals surface area contributed by atoms with Crippen LogP contribution in [0.4, 0.5) is 0 Å². The number of nitrogens with zero attached hydrogens (tertiary/aromatic N) is 1. The van der Waals surface area contributed by atoms with Gasteiger partial charge in [0.15, 0.2) is 0 Å². The lowest BCUT2D eigenvalue weighted by atomic mass is 9.92. The highest BCUT2D eigenvalue weighted by atomic mass is 35.5. The third-order valence-corrected chi connectivity index (χ3v) is 4.87. The molecule has 0 saturated heterocycles. The van der Waals surface area contributed by atoms with Crippen molar-refractivity contribution in [3.05, 3.63) is 106 Å². The molecule has 0 amide bonds. The molecule has 1 atom stereocenters. The van der Waals surface area contributed by atoms with E-state index in [1.54, 1.807) is 12.3 Å². The normalized spacial score (nSPS) is 16.0. The fourth-order valence-electron chi connectivity index (χ4n) is 2.76. The first-order valence-electron chi connectivity index (χ1n) is 7.86. The standard InChI is InChI=1S/C21H22Cl2N2/c1-5-14(2)19(13-24)21(16-7-9-17(22)10-8-16)25(4)18-11-6-15(3)20(23)12-18/h5,7-13,21H,1-3,6,24H2,4H3/b19-13+. The molecule has 0 fully saturated rings. The molecule has 0 saturated carbocycles. The smallest absolute Gasteiger partial charge is 0.0812 e. The van der Waals surface area contributed by atoms with E-state index >= 15 is 0 Å². The van der Waals surface area contributed by atoms with E-state index in [2.05, 4.69) is 30.7 Å². The van der Waals surface area contributed by atoms with Gasteiger partial charge < -0.3 is 10.6 Å². The molecule has 0 heterocycles. The van der Waals surface area contributed by atoms with E-state index in [1.165, 1.54) is 0 Å². The second-order valence-electron chi connectivity index (χ2n) is 5.85. The molecule has 130 valence electrons. The van der Waals surface area contributed by atoms with Crippen molar-refractivity contribution in [2.45, 2.75) is 12.5 Å². The van der Waals surface area contributed by atoms with Crippen molar-refractivity contribution in [3.63, 3.8) is 0 Å². The SMILES string of the molecule is C=CC(=C)/C(=C\N)C(c1ccc(Cl)cc1)N(C)C1=CCC(=C)C(Cl)=C1. The van der Waals surface area contributed by atoms with Crippen molar-refractivity contribution in [1.29, 1.82) is 0 Å². The summed E-state index contributed by atoms with van der Waals surface area (Å²) in [5, 5.41) is 1.35. The highest BCUT2D eigenvalue weighted by molar-refractivity contribution is 6.32. The molecule has 4 heteroatoms. The van der Waals surface area contributed by atoms with Crippen molar-refractivity contribution < 1.29 is 0 Å². The Morgan fingerprint density at radius 1 is 1.28 bits per heavy atom. The number of likely N-dealkylation sites (N-methyl/N-ethyl adjacent to an activating group) is 1. The quantitative estimate of drug-likeness (QED) is 0.633. The number of allylic oxidation sites excluding steroid dienone is 5. The molecule has 1 unspecified atom stereocenters. The number of nitrogens with two attached hydrogens (primary N) is 1. The maximum atomic E-state index is 6.28. The monoisotopic (exact) mass is 372 g/mol. The van der Waals surface area contributed by atoms with Gasteiger partial charge in [0.1, 0.15) is 0 Å². The molecule has 0 radical (unpaired) electrons. The zero-order valence-corrected chi connectivity index (χ0v) is 15.8. The largest absolute Gasteiger partial charge is 0.404 e. The maximum Gasteiger partial charge on any atom is 0.0812 e. The van der Waals surface area contributed by atoms with Gasteiger partial charge in [0.2, 0.25) is 0 Å². The van der Waals surface area contributed by atoms with Gasteiger partial charge >= 0.3 is 0 Å². The Hall–Kier alpha value is -2.16. The Morgan fingerprint density at radius 3 is 2.44 bits per heavy atom. The van der Waals surface area contributed by atoms with Crippen molar-refractivity contribution in [1.82, 2.24) is 4.90 Å². The lowest BCUT2D eigenvalue weighted by Crippen LogP contribution is -2.27. The Balaban J connectivity index is 2.51. The van der Waals surface area contributed by atoms with Gasteiger partial charge in [-0.05, 0) is 41.3 Å². The first kappa shape index (κ1) is 19.2. The summed E-state index contributed by atoms with van der Waals surface area (Å²) in [6.45, 7) is 11.8. The first-order valence-corrected chi connectivity index (χ1v) is 8.62. The number of hydrogen-bond donors (Lipinski definition) is 1. The second-order valence-corrected chi connectivity index (χ2v) is 6.69. The van der Waals surface area contributed by atoms with Gasteiger partial charge in [-0.3, -0.25) is 0 Å². The molecular weight excluding hydrogens is 351 g/mol. The van der Waals surface area contributed by atoms with Crippen LogP contribution in [0, 0.1) is 0 Å². The molecule has 2 rings (SSSR count). The van der Waals surface area contributed by atoms with Crippen molar-refractivity contribution >= 4 is 23.2 Å². The van der Waals surface area contributed by atoms with Crippen molar-refractivity contribution in [2.75, 3.05) is 7.05 Å². The fraction of sp³-hybridized carbons (Fsp3) is 0.143. The summed E-state index contributed by atoms with van der Waals surface area (Å²) in [7, 11) is 2.00. The van der Waals surface area contributed by atoms with E-state index in [-0.39, 0.29) is 6.04 Å². The topological polar surface area (TPSA) is 29.3 Å². The van der Waals surface area contributed by atoms with E-state index in [0.29, 0.717) is 16.5 Å². The minimum Gasteiger partial charge on any atom is -0.404 e. The Morgan fingerprint density at radius 2 is 1.92 bits per heavy atom. The summed E-state index contributed by atoms with van der Waals surface area (Å²) in [4.78, 5) is 2.12. The van der Waals surface area contributed by atoms with Crippen LogP contribution in [0.15, 0.2) is 95.9 Å². The molecule has 0 bridgehead atoms. The van der Waals surface area contributed by atoms with E-state index in [1.807, 2.05) is 37.4 Å². The predicted octanol–water partition coefficient (Wildman–Crippen LogP) is 5.86. The minimum absolute atomic E-state index is 0.147. The highest BCUT2D eigenvalue weighted by Gasteiger charge is 2.25. The molecule has 1 aromatic rings. The summed E-state index contributed by atoms with van der Waals surface area (Å²) >= 11 is 12.3. The fourth-order valence-corrected chi connectivity index (χ4v) is 3.07. The molecule has 0 spiro atoms. The van der Waals surface area contributed by atoms with Crippen LogP contribution in [0.5, 0.6) is 0 Å². The van der Waals surface area contributed by atoms with Gasteiger partial charge in [-0.1, -0.05) is 67.2 Å². The number of benzene rings is 1. The van der Waals surface area contributed by atoms with Crippen LogP contribution < -0.4 is 5.73 Å². The third kappa shape index (κ3) is 4.28. The van der Waals surface area contributed by atoms with Crippen LogP contribution in [0.3, 0.4) is 0 Å². The Kier molecular flexibility index (Phi) is 6.35. The minimum atomic E-state index is -0.147. The van der Waals surface area contributed by atoms with Gasteiger partial charge in [-0.25, -0.2) is 0 Å². The van der Waals surface area contributed by atoms with Gasteiger partial charge in [0.25, 0.3) is 0 Å². The van der Waals surface area contributed by atoms with Crippen LogP contribution in [-0.2, 0) is 0 Å². The van der Waals surface area contributed by atoms with Gasteiger partial charge in [-0.2, -0.15) is 0 Å². The van der Waals surface area contributed by atoms with Gasteiger partial charge in [-0.15, -0.1) is 0 Å². The Bertz CT molecular complexity index is 783. The average molecular weight is 373 g/mol. The van der Waals surface area contributed by atoms with Crippen LogP contribution in [-0.4, -0.2) is 11.9 Å². The summed E-state index contributed by atoms with van der Waals surface area (Å²) in [6.07, 6.45) is 8.01. The van der Waals surface area contributed by atoms with E-state index < -0.39 is 0 Å².